The molecule has 11 heteroatoms. The molecule has 0 aliphatic heterocycles. The van der Waals surface area contributed by atoms with E-state index in [0.29, 0.717) is 10.6 Å². The first kappa shape index (κ1) is 26.1. The van der Waals surface area contributed by atoms with Crippen LogP contribution >= 0.6 is 11.6 Å². The van der Waals surface area contributed by atoms with Crippen LogP contribution in [0.3, 0.4) is 0 Å². The van der Waals surface area contributed by atoms with Crippen LogP contribution in [0.4, 0.5) is 22.0 Å². The summed E-state index contributed by atoms with van der Waals surface area (Å²) in [6, 6.07) is 8.04. The summed E-state index contributed by atoms with van der Waals surface area (Å²) in [7, 11) is -8.84. The molecule has 0 aromatic heterocycles. The van der Waals surface area contributed by atoms with Gasteiger partial charge in [-0.3, -0.25) is 0 Å². The molecule has 2 aromatic carbocycles. The first-order valence-electron chi connectivity index (χ1n) is 10.1. The predicted octanol–water partition coefficient (Wildman–Crippen LogP) is 7.55. The van der Waals surface area contributed by atoms with Gasteiger partial charge in [-0.15, -0.1) is 0 Å². The van der Waals surface area contributed by atoms with E-state index in [1.54, 1.807) is 52.1 Å². The zero-order chi connectivity index (χ0) is 25.2. The molecule has 0 spiro atoms. The zero-order valence-electron chi connectivity index (χ0n) is 18.6. The number of fused-ring (bicyclic) bond motifs is 1. The number of halogens is 6. The Labute approximate surface area is 196 Å². The molecule has 0 saturated carbocycles. The van der Waals surface area contributed by atoms with Crippen molar-refractivity contribution >= 4 is 29.8 Å². The summed E-state index contributed by atoms with van der Waals surface area (Å²) in [6.07, 6.45) is -3.08. The predicted molar refractivity (Wildman–Crippen MR) is 120 cm³/mol. The first-order valence-corrected chi connectivity index (χ1v) is 14.9. The zero-order valence-corrected chi connectivity index (χ0v) is 21.2. The van der Waals surface area contributed by atoms with Crippen molar-refractivity contribution in [3.63, 3.8) is 0 Å². The van der Waals surface area contributed by atoms with E-state index in [9.17, 15) is 21.6 Å². The van der Waals surface area contributed by atoms with E-state index in [-0.39, 0.29) is 11.1 Å². The van der Waals surface area contributed by atoms with Gasteiger partial charge in [-0.2, -0.15) is 13.2 Å². The van der Waals surface area contributed by atoms with E-state index in [1.165, 1.54) is 6.07 Å². The van der Waals surface area contributed by atoms with Gasteiger partial charge >= 0.3 is 5.51 Å². The van der Waals surface area contributed by atoms with Crippen LogP contribution < -0.4 is 0 Å². The third-order valence-electron chi connectivity index (χ3n) is 6.32. The van der Waals surface area contributed by atoms with Gasteiger partial charge in [0, 0.05) is 17.0 Å². The third kappa shape index (κ3) is 4.59. The molecule has 182 valence electrons. The van der Waals surface area contributed by atoms with Crippen molar-refractivity contribution in [2.75, 3.05) is 0 Å². The summed E-state index contributed by atoms with van der Waals surface area (Å²) in [5.74, 6) is -3.61. The Morgan fingerprint density at radius 3 is 2.21 bits per heavy atom. The topological polar surface area (TPSA) is 43.4 Å². The highest BCUT2D eigenvalue weighted by atomic mass is 35.5. The van der Waals surface area contributed by atoms with Crippen molar-refractivity contribution in [1.82, 2.24) is 0 Å². The lowest BCUT2D eigenvalue weighted by Gasteiger charge is -2.40. The molecular formula is C22H24ClF5O3SSi. The monoisotopic (exact) mass is 526 g/mol. The fraction of sp³-hybridized carbons (Fsp3) is 0.455. The first-order chi connectivity index (χ1) is 14.8. The maximum atomic E-state index is 15.4. The third-order valence-corrected chi connectivity index (χ3v) is 12.5. The molecule has 0 amide bonds. The maximum absolute atomic E-state index is 15.4. The molecule has 1 aliphatic rings. The summed E-state index contributed by atoms with van der Waals surface area (Å²) < 4.78 is 102. The number of rotatable bonds is 4. The number of benzene rings is 2. The smallest absolute Gasteiger partial charge is 0.404 e. The highest BCUT2D eigenvalue weighted by Crippen LogP contribution is 2.54. The highest BCUT2D eigenvalue weighted by molar-refractivity contribution is 7.92. The Morgan fingerprint density at radius 1 is 1.09 bits per heavy atom. The molecule has 0 N–H and O–H groups in total. The van der Waals surface area contributed by atoms with E-state index in [0.717, 1.165) is 12.1 Å². The summed E-state index contributed by atoms with van der Waals surface area (Å²) in [4.78, 5) is -1.20. The average molecular weight is 527 g/mol. The van der Waals surface area contributed by atoms with Crippen LogP contribution in [0.2, 0.25) is 23.2 Å². The molecule has 0 saturated heterocycles. The summed E-state index contributed by atoms with van der Waals surface area (Å²) in [5, 5.41) is -0.244. The van der Waals surface area contributed by atoms with Gasteiger partial charge < -0.3 is 4.43 Å². The summed E-state index contributed by atoms with van der Waals surface area (Å²) in [6.45, 7) is 8.74. The van der Waals surface area contributed by atoms with Crippen LogP contribution in [0.25, 0.3) is 11.1 Å². The van der Waals surface area contributed by atoms with E-state index in [1.807, 2.05) is 0 Å². The summed E-state index contributed by atoms with van der Waals surface area (Å²) >= 11 is 6.02. The lowest BCUT2D eigenvalue weighted by atomic mass is 9.96. The lowest BCUT2D eigenvalue weighted by molar-refractivity contribution is -0.0910. The van der Waals surface area contributed by atoms with Gasteiger partial charge in [0.25, 0.3) is 15.8 Å². The van der Waals surface area contributed by atoms with Crippen molar-refractivity contribution in [3.8, 4) is 11.1 Å². The molecule has 33 heavy (non-hydrogen) atoms. The summed E-state index contributed by atoms with van der Waals surface area (Å²) in [5.41, 5.74) is -5.89. The minimum atomic E-state index is -5.91. The van der Waals surface area contributed by atoms with Crippen LogP contribution in [0.5, 0.6) is 0 Å². The Balaban J connectivity index is 2.35. The van der Waals surface area contributed by atoms with Gasteiger partial charge in [-0.25, -0.2) is 17.2 Å². The van der Waals surface area contributed by atoms with Crippen molar-refractivity contribution in [2.45, 2.75) is 67.8 Å². The molecule has 0 bridgehead atoms. The maximum Gasteiger partial charge on any atom is 0.501 e. The van der Waals surface area contributed by atoms with Gasteiger partial charge in [0.05, 0.1) is 4.90 Å². The van der Waals surface area contributed by atoms with Gasteiger partial charge in [0.2, 0.25) is 0 Å². The average Bonchev–Trinajstić information content (AvgIpc) is 2.89. The number of hydrogen-bond donors (Lipinski definition) is 0. The van der Waals surface area contributed by atoms with Crippen molar-refractivity contribution in [3.05, 3.63) is 52.5 Å². The SMILES string of the molecule is CC(C)(C)[Si](C)(C)O[C@H]1c2c(S(=O)(=O)C(F)(F)F)ccc(-c3cccc(Cl)c3)c2CC1(F)F. The van der Waals surface area contributed by atoms with E-state index < -0.39 is 57.6 Å². The molecular weight excluding hydrogens is 503 g/mol. The number of alkyl halides is 5. The minimum absolute atomic E-state index is 0.184. The van der Waals surface area contributed by atoms with Crippen LogP contribution in [-0.4, -0.2) is 28.2 Å². The van der Waals surface area contributed by atoms with Gasteiger partial charge in [-0.05, 0) is 53.0 Å². The van der Waals surface area contributed by atoms with Gasteiger partial charge in [0.15, 0.2) is 8.32 Å². The molecule has 1 aliphatic carbocycles. The second kappa shape index (κ2) is 8.03. The molecule has 0 radical (unpaired) electrons. The molecule has 1 atom stereocenters. The Kier molecular flexibility index (Phi) is 6.36. The van der Waals surface area contributed by atoms with Crippen molar-refractivity contribution in [2.24, 2.45) is 0 Å². The number of sulfone groups is 1. The second-order valence-electron chi connectivity index (χ2n) is 9.66. The van der Waals surface area contributed by atoms with Crippen LogP contribution in [0.15, 0.2) is 41.3 Å². The Bertz CT molecular complexity index is 1190. The number of hydrogen-bond acceptors (Lipinski definition) is 3. The minimum Gasteiger partial charge on any atom is -0.404 e. The van der Waals surface area contributed by atoms with Crippen molar-refractivity contribution in [1.29, 1.82) is 0 Å². The second-order valence-corrected chi connectivity index (χ2v) is 16.8. The van der Waals surface area contributed by atoms with Crippen LogP contribution in [0.1, 0.15) is 38.0 Å². The van der Waals surface area contributed by atoms with Crippen molar-refractivity contribution < 1.29 is 34.8 Å². The molecule has 2 aromatic rings. The molecule has 3 rings (SSSR count). The quantitative estimate of drug-likeness (QED) is 0.305. The van der Waals surface area contributed by atoms with Crippen LogP contribution in [0, 0.1) is 0 Å². The highest BCUT2D eigenvalue weighted by Gasteiger charge is 2.57. The van der Waals surface area contributed by atoms with E-state index in [2.05, 4.69) is 0 Å². The largest absolute Gasteiger partial charge is 0.501 e. The lowest BCUT2D eigenvalue weighted by Crippen LogP contribution is -2.44. The normalized spacial score (nSPS) is 18.9. The molecule has 0 heterocycles. The Hall–Kier alpha value is -1.49. The van der Waals surface area contributed by atoms with Crippen LogP contribution in [-0.2, 0) is 20.7 Å². The van der Waals surface area contributed by atoms with Gasteiger partial charge in [-0.1, -0.05) is 50.6 Å². The van der Waals surface area contributed by atoms with E-state index >= 15 is 8.78 Å². The molecule has 0 unspecified atom stereocenters. The molecule has 3 nitrogen and oxygen atoms in total. The Morgan fingerprint density at radius 2 is 1.70 bits per heavy atom. The van der Waals surface area contributed by atoms with E-state index in [4.69, 9.17) is 16.0 Å². The fourth-order valence-corrected chi connectivity index (χ4v) is 6.00. The fourth-order valence-electron chi connectivity index (χ4n) is 3.56. The van der Waals surface area contributed by atoms with Gasteiger partial charge in [0.1, 0.15) is 6.10 Å². The standard InChI is InChI=1S/C22H24ClF5O3SSi/c1-20(2,3)33(4,5)31-19-18-16(12-21(19,24)25)15(13-7-6-8-14(23)11-13)9-10-17(18)32(29,30)22(26,27)28/h6-11,19H,12H2,1-5H3/t19-/m0/s1. The molecule has 0 fully saturated rings.